The van der Waals surface area contributed by atoms with Crippen molar-refractivity contribution in [2.75, 3.05) is 19.1 Å². The highest BCUT2D eigenvalue weighted by Gasteiger charge is 2.43. The summed E-state index contributed by atoms with van der Waals surface area (Å²) in [7, 11) is 4.08. The van der Waals surface area contributed by atoms with Crippen LogP contribution in [0, 0.1) is 15.3 Å². The van der Waals surface area contributed by atoms with Gasteiger partial charge in [0.25, 0.3) is 0 Å². The molecule has 3 rings (SSSR count). The van der Waals surface area contributed by atoms with Gasteiger partial charge in [0, 0.05) is 18.7 Å². The van der Waals surface area contributed by atoms with Gasteiger partial charge in [-0.15, -0.1) is 0 Å². The van der Waals surface area contributed by atoms with Gasteiger partial charge >= 0.3 is 0 Å². The maximum absolute atomic E-state index is 8.25. The van der Waals surface area contributed by atoms with Gasteiger partial charge < -0.3 is 15.3 Å². The molecule has 0 fully saturated rings. The Morgan fingerprint density at radius 3 is 2.19 bits per heavy atom. The van der Waals surface area contributed by atoms with Gasteiger partial charge in [0.2, 0.25) is 11.4 Å². The third kappa shape index (κ3) is 4.05. The second-order valence-electron chi connectivity index (χ2n) is 6.41. The van der Waals surface area contributed by atoms with Gasteiger partial charge in [-0.25, -0.2) is 0 Å². The molecule has 0 radical (unpaired) electrons. The summed E-state index contributed by atoms with van der Waals surface area (Å²) in [5.41, 5.74) is 4.86. The molecule has 1 heterocycles. The van der Waals surface area contributed by atoms with E-state index in [9.17, 15) is 0 Å². The summed E-state index contributed by atoms with van der Waals surface area (Å²) in [4.78, 5) is 8.25. The van der Waals surface area contributed by atoms with E-state index in [1.807, 2.05) is 36.5 Å². The Morgan fingerprint density at radius 2 is 1.62 bits per heavy atom. The molecule has 0 unspecified atom stereocenters. The molecule has 7 heteroatoms. The minimum Gasteiger partial charge on any atom is -0.356 e. The first kappa shape index (κ1) is 19.1. The van der Waals surface area contributed by atoms with Crippen LogP contribution in [0.2, 0.25) is 0 Å². The Hall–Kier alpha value is -3.22. The molecule has 0 N–H and O–H groups in total. The maximum atomic E-state index is 8.25. The molecule has 136 valence electrons. The minimum absolute atomic E-state index is 0.0353. The SMILES string of the molecule is CN(N=CC1=[N+](C)c2ccccc2C1(C)C)c1ccccc1.O=[N+]([O-])[O-]. The summed E-state index contributed by atoms with van der Waals surface area (Å²) in [5, 5.41) is 21.3. The number of hydrogen-bond donors (Lipinski definition) is 0. The molecule has 0 atom stereocenters. The summed E-state index contributed by atoms with van der Waals surface area (Å²) in [6.07, 6.45) is 1.98. The lowest BCUT2D eigenvalue weighted by molar-refractivity contribution is -0.402. The van der Waals surface area contributed by atoms with Crippen molar-refractivity contribution in [3.63, 3.8) is 0 Å². The molecule has 0 saturated heterocycles. The lowest BCUT2D eigenvalue weighted by Gasteiger charge is -2.16. The number of anilines is 1. The molecule has 1 aliphatic heterocycles. The van der Waals surface area contributed by atoms with Crippen molar-refractivity contribution >= 4 is 23.3 Å². The average Bonchev–Trinajstić information content (AvgIpc) is 2.80. The standard InChI is InChI=1S/C19H22N3.NO3/c1-19(2)16-12-8-9-13-17(16)21(3)18(19)14-20-22(4)15-10-6-5-7-11-15;2-1(3)4/h5-14H,1-4H3;/q+1;-1. The molecule has 0 bridgehead atoms. The predicted molar refractivity (Wildman–Crippen MR) is 104 cm³/mol. The molecule has 7 nitrogen and oxygen atoms in total. The molecular formula is C19H22N4O3. The summed E-state index contributed by atoms with van der Waals surface area (Å²) >= 11 is 0. The predicted octanol–water partition coefficient (Wildman–Crippen LogP) is 3.58. The van der Waals surface area contributed by atoms with Crippen molar-refractivity contribution in [1.29, 1.82) is 0 Å². The van der Waals surface area contributed by atoms with Crippen LogP contribution < -0.4 is 5.01 Å². The maximum Gasteiger partial charge on any atom is 0.212 e. The Kier molecular flexibility index (Phi) is 5.71. The smallest absolute Gasteiger partial charge is 0.212 e. The largest absolute Gasteiger partial charge is 0.356 e. The number of nitrogens with zero attached hydrogens (tertiary/aromatic N) is 4. The molecule has 0 aliphatic carbocycles. The van der Waals surface area contributed by atoms with Crippen molar-refractivity contribution < 1.29 is 9.66 Å². The highest BCUT2D eigenvalue weighted by molar-refractivity contribution is 6.33. The number of rotatable bonds is 3. The molecule has 2 aromatic rings. The van der Waals surface area contributed by atoms with Crippen molar-refractivity contribution in [1.82, 2.24) is 0 Å². The lowest BCUT2D eigenvalue weighted by Crippen LogP contribution is -2.30. The molecule has 0 spiro atoms. The van der Waals surface area contributed by atoms with Crippen LogP contribution in [-0.4, -0.2) is 35.7 Å². The zero-order valence-corrected chi connectivity index (χ0v) is 15.3. The first-order valence-electron chi connectivity index (χ1n) is 8.10. The van der Waals surface area contributed by atoms with Crippen LogP contribution in [0.1, 0.15) is 19.4 Å². The quantitative estimate of drug-likeness (QED) is 0.365. The van der Waals surface area contributed by atoms with Crippen LogP contribution in [0.4, 0.5) is 11.4 Å². The minimum atomic E-state index is -1.75. The summed E-state index contributed by atoms with van der Waals surface area (Å²) in [5.74, 6) is 0. The van der Waals surface area contributed by atoms with E-state index in [4.69, 9.17) is 15.3 Å². The third-order valence-electron chi connectivity index (χ3n) is 4.42. The number of benzene rings is 2. The van der Waals surface area contributed by atoms with E-state index < -0.39 is 5.09 Å². The summed E-state index contributed by atoms with van der Waals surface area (Å²) in [6.45, 7) is 4.50. The fraction of sp³-hybridized carbons (Fsp3) is 0.263. The van der Waals surface area contributed by atoms with E-state index in [0.717, 1.165) is 5.69 Å². The number of hydrogen-bond acceptors (Lipinski definition) is 5. The van der Waals surface area contributed by atoms with Gasteiger partial charge in [-0.1, -0.05) is 36.4 Å². The average molecular weight is 354 g/mol. The Labute approximate surface area is 152 Å². The van der Waals surface area contributed by atoms with Crippen LogP contribution in [0.25, 0.3) is 0 Å². The zero-order valence-electron chi connectivity index (χ0n) is 15.3. The van der Waals surface area contributed by atoms with Crippen LogP contribution in [-0.2, 0) is 5.41 Å². The van der Waals surface area contributed by atoms with E-state index in [2.05, 4.69) is 67.0 Å². The Balaban J connectivity index is 0.000000552. The highest BCUT2D eigenvalue weighted by atomic mass is 16.9. The Bertz CT molecular complexity index is 841. The first-order valence-corrected chi connectivity index (χ1v) is 8.10. The van der Waals surface area contributed by atoms with Crippen molar-refractivity contribution in [3.8, 4) is 0 Å². The van der Waals surface area contributed by atoms with Gasteiger partial charge in [0.05, 0.1) is 16.2 Å². The lowest BCUT2D eigenvalue weighted by atomic mass is 9.82. The molecule has 0 aromatic heterocycles. The van der Waals surface area contributed by atoms with Gasteiger partial charge in [-0.05, 0) is 26.0 Å². The monoisotopic (exact) mass is 354 g/mol. The van der Waals surface area contributed by atoms with E-state index in [1.54, 1.807) is 0 Å². The summed E-state index contributed by atoms with van der Waals surface area (Å²) in [6, 6.07) is 18.7. The van der Waals surface area contributed by atoms with Gasteiger partial charge in [-0.3, -0.25) is 5.01 Å². The zero-order chi connectivity index (χ0) is 19.3. The van der Waals surface area contributed by atoms with E-state index >= 15 is 0 Å². The third-order valence-corrected chi connectivity index (χ3v) is 4.42. The Morgan fingerprint density at radius 1 is 1.08 bits per heavy atom. The highest BCUT2D eigenvalue weighted by Crippen LogP contribution is 2.38. The van der Waals surface area contributed by atoms with Gasteiger partial charge in [0.1, 0.15) is 13.3 Å². The fourth-order valence-electron chi connectivity index (χ4n) is 3.08. The molecule has 0 amide bonds. The van der Waals surface area contributed by atoms with Crippen molar-refractivity contribution in [3.05, 3.63) is 75.5 Å². The van der Waals surface area contributed by atoms with Crippen LogP contribution in [0.5, 0.6) is 0 Å². The second kappa shape index (κ2) is 7.77. The van der Waals surface area contributed by atoms with E-state index in [0.29, 0.717) is 0 Å². The summed E-state index contributed by atoms with van der Waals surface area (Å²) < 4.78 is 2.23. The topological polar surface area (TPSA) is 84.8 Å². The molecular weight excluding hydrogens is 332 g/mol. The van der Waals surface area contributed by atoms with E-state index in [1.165, 1.54) is 17.0 Å². The van der Waals surface area contributed by atoms with Crippen LogP contribution >= 0.6 is 0 Å². The van der Waals surface area contributed by atoms with Gasteiger partial charge in [-0.2, -0.15) is 9.68 Å². The molecule has 26 heavy (non-hydrogen) atoms. The van der Waals surface area contributed by atoms with Crippen molar-refractivity contribution in [2.24, 2.45) is 5.10 Å². The normalized spacial score (nSPS) is 14.6. The number of para-hydroxylation sites is 2. The molecule has 1 aliphatic rings. The number of fused-ring (bicyclic) bond motifs is 1. The van der Waals surface area contributed by atoms with Crippen LogP contribution in [0.15, 0.2) is 59.7 Å². The molecule has 0 saturated carbocycles. The first-order chi connectivity index (χ1) is 12.2. The second-order valence-corrected chi connectivity index (χ2v) is 6.41. The molecule has 2 aromatic carbocycles. The van der Waals surface area contributed by atoms with Crippen molar-refractivity contribution in [2.45, 2.75) is 19.3 Å². The number of hydrazone groups is 1. The van der Waals surface area contributed by atoms with Gasteiger partial charge in [0.15, 0.2) is 0 Å². The van der Waals surface area contributed by atoms with E-state index in [-0.39, 0.29) is 5.41 Å². The fourth-order valence-corrected chi connectivity index (χ4v) is 3.08. The van der Waals surface area contributed by atoms with Crippen LogP contribution in [0.3, 0.4) is 0 Å².